The van der Waals surface area contributed by atoms with Gasteiger partial charge in [-0.25, -0.2) is 4.90 Å². The number of amides is 4. The number of fused-ring (bicyclic) bond motifs is 4. The lowest BCUT2D eigenvalue weighted by atomic mass is 9.49. The number of carbonyl (C=O) groups excluding carboxylic acids is 4. The average Bonchev–Trinajstić information content (AvgIpc) is 3.52. The van der Waals surface area contributed by atoms with Crippen LogP contribution < -0.4 is 9.64 Å². The molecule has 50 heavy (non-hydrogen) atoms. The van der Waals surface area contributed by atoms with Gasteiger partial charge < -0.3 is 9.84 Å². The van der Waals surface area contributed by atoms with Gasteiger partial charge in [0.15, 0.2) is 0 Å². The summed E-state index contributed by atoms with van der Waals surface area (Å²) in [5.74, 6) is -3.70. The van der Waals surface area contributed by atoms with Crippen LogP contribution in [0.4, 0.5) is 5.69 Å². The van der Waals surface area contributed by atoms with E-state index in [0.717, 1.165) is 16.7 Å². The summed E-state index contributed by atoms with van der Waals surface area (Å²) in [6, 6.07) is 33.1. The predicted molar refractivity (Wildman–Crippen MR) is 187 cm³/mol. The van der Waals surface area contributed by atoms with Crippen molar-refractivity contribution in [2.24, 2.45) is 23.7 Å². The summed E-state index contributed by atoms with van der Waals surface area (Å²) in [5.41, 5.74) is 2.30. The highest BCUT2D eigenvalue weighted by atomic mass is 35.5. The van der Waals surface area contributed by atoms with Gasteiger partial charge in [0, 0.05) is 10.9 Å². The van der Waals surface area contributed by atoms with Gasteiger partial charge in [-0.15, -0.1) is 0 Å². The molecule has 4 aliphatic rings. The molecular weight excluding hydrogens is 652 g/mol. The Balaban J connectivity index is 1.30. The molecule has 8 rings (SSSR count). The standard InChI is InChI=1S/C41H35ClN2O6/c42-28-12-7-13-29(22-28)44-38(47)34-23-33-31(18-19-32-35(33)39(48)43(37(32)46)24-25-8-3-1-4-9-25)36(26-14-16-30(17-15-26)50-21-20-45)41(34,40(44)49)27-10-5-2-6-11-27/h1-18,22,32-36,45H,19-21,23-24H2. The summed E-state index contributed by atoms with van der Waals surface area (Å²) >= 11 is 6.40. The van der Waals surface area contributed by atoms with Gasteiger partial charge in [-0.2, -0.15) is 0 Å². The number of nitrogens with zero attached hydrogens (tertiary/aromatic N) is 2. The molecule has 6 atom stereocenters. The van der Waals surface area contributed by atoms with Gasteiger partial charge in [-0.05, 0) is 65.8 Å². The van der Waals surface area contributed by atoms with Crippen molar-refractivity contribution in [3.05, 3.63) is 143 Å². The van der Waals surface area contributed by atoms with Crippen LogP contribution in [0.1, 0.15) is 35.4 Å². The van der Waals surface area contributed by atoms with Gasteiger partial charge in [0.1, 0.15) is 12.4 Å². The number of hydrogen-bond donors (Lipinski definition) is 1. The maximum Gasteiger partial charge on any atom is 0.246 e. The van der Waals surface area contributed by atoms with E-state index in [2.05, 4.69) is 6.08 Å². The van der Waals surface area contributed by atoms with Gasteiger partial charge in [0.2, 0.25) is 23.6 Å². The number of hydrogen-bond acceptors (Lipinski definition) is 6. The molecule has 4 aromatic rings. The van der Waals surface area contributed by atoms with Crippen LogP contribution in [0.2, 0.25) is 5.02 Å². The zero-order valence-electron chi connectivity index (χ0n) is 27.2. The molecule has 0 bridgehead atoms. The molecule has 1 saturated carbocycles. The molecule has 2 aliphatic heterocycles. The fraction of sp³-hybridized carbons (Fsp3) is 0.268. The lowest BCUT2D eigenvalue weighted by Crippen LogP contribution is -2.53. The Morgan fingerprint density at radius 1 is 0.800 bits per heavy atom. The molecular formula is C41H35ClN2O6. The Kier molecular flexibility index (Phi) is 8.16. The third kappa shape index (κ3) is 4.92. The van der Waals surface area contributed by atoms with E-state index in [0.29, 0.717) is 28.4 Å². The number of carbonyl (C=O) groups is 4. The third-order valence-corrected chi connectivity index (χ3v) is 11.3. The first kappa shape index (κ1) is 32.2. The molecule has 0 aromatic heterocycles. The van der Waals surface area contributed by atoms with Crippen molar-refractivity contribution in [1.82, 2.24) is 4.90 Å². The first-order valence-corrected chi connectivity index (χ1v) is 17.3. The quantitative estimate of drug-likeness (QED) is 0.178. The van der Waals surface area contributed by atoms with Crippen molar-refractivity contribution < 1.29 is 29.0 Å². The topological polar surface area (TPSA) is 104 Å². The summed E-state index contributed by atoms with van der Waals surface area (Å²) in [6.07, 6.45) is 2.65. The number of halogens is 1. The number of rotatable bonds is 8. The van der Waals surface area contributed by atoms with Crippen LogP contribution in [0.5, 0.6) is 5.75 Å². The van der Waals surface area contributed by atoms with Gasteiger partial charge >= 0.3 is 0 Å². The summed E-state index contributed by atoms with van der Waals surface area (Å²) in [6.45, 7) is 0.181. The van der Waals surface area contributed by atoms with Gasteiger partial charge in [0.05, 0.1) is 42.0 Å². The van der Waals surface area contributed by atoms with E-state index in [1.54, 1.807) is 36.4 Å². The van der Waals surface area contributed by atoms with Crippen LogP contribution in [0.25, 0.3) is 0 Å². The van der Waals surface area contributed by atoms with Crippen LogP contribution in [0, 0.1) is 23.7 Å². The molecule has 9 heteroatoms. The molecule has 2 saturated heterocycles. The number of anilines is 1. The van der Waals surface area contributed by atoms with Crippen LogP contribution in [0.15, 0.2) is 121 Å². The predicted octanol–water partition coefficient (Wildman–Crippen LogP) is 6.07. The molecule has 0 radical (unpaired) electrons. The van der Waals surface area contributed by atoms with E-state index in [9.17, 15) is 19.5 Å². The van der Waals surface area contributed by atoms with Crippen molar-refractivity contribution in [1.29, 1.82) is 0 Å². The fourth-order valence-corrected chi connectivity index (χ4v) is 9.21. The summed E-state index contributed by atoms with van der Waals surface area (Å²) in [5, 5.41) is 9.71. The van der Waals surface area contributed by atoms with Crippen LogP contribution in [-0.4, -0.2) is 46.8 Å². The Hall–Kier alpha value is -5.05. The second kappa shape index (κ2) is 12.7. The van der Waals surface area contributed by atoms with Crippen LogP contribution in [0.3, 0.4) is 0 Å². The smallest absolute Gasteiger partial charge is 0.246 e. The molecule has 252 valence electrons. The molecule has 6 unspecified atom stereocenters. The summed E-state index contributed by atoms with van der Waals surface area (Å²) in [4.78, 5) is 61.1. The lowest BCUT2D eigenvalue weighted by molar-refractivity contribution is -0.141. The molecule has 4 amide bonds. The van der Waals surface area contributed by atoms with E-state index in [1.807, 2.05) is 72.8 Å². The number of imide groups is 2. The second-order valence-electron chi connectivity index (χ2n) is 13.5. The second-order valence-corrected chi connectivity index (χ2v) is 13.9. The largest absolute Gasteiger partial charge is 0.491 e. The van der Waals surface area contributed by atoms with Crippen LogP contribution >= 0.6 is 11.6 Å². The minimum atomic E-state index is -1.35. The molecule has 2 heterocycles. The Bertz CT molecular complexity index is 2020. The van der Waals surface area contributed by atoms with Crippen LogP contribution in [-0.2, 0) is 31.1 Å². The lowest BCUT2D eigenvalue weighted by Gasteiger charge is -2.50. The highest BCUT2D eigenvalue weighted by Gasteiger charge is 2.70. The number of ether oxygens (including phenoxy) is 1. The maximum atomic E-state index is 15.3. The maximum absolute atomic E-state index is 15.3. The SMILES string of the molecule is O=C1C2CC=C3C(CC4C(=O)N(c5cccc(Cl)c5)C(=O)C4(c4ccccc4)C3c3ccc(OCCO)cc3)C2C(=O)N1Cc1ccccc1. The number of allylic oxidation sites excluding steroid dienone is 2. The monoisotopic (exact) mass is 686 g/mol. The zero-order chi connectivity index (χ0) is 34.6. The van der Waals surface area contributed by atoms with E-state index in [4.69, 9.17) is 16.3 Å². The Morgan fingerprint density at radius 2 is 1.52 bits per heavy atom. The van der Waals surface area contributed by atoms with Gasteiger partial charge in [-0.1, -0.05) is 102 Å². The average molecular weight is 687 g/mol. The number of aliphatic hydroxyl groups is 1. The van der Waals surface area contributed by atoms with E-state index < -0.39 is 35.0 Å². The number of benzene rings is 4. The first-order chi connectivity index (χ1) is 24.3. The van der Waals surface area contributed by atoms with E-state index in [-0.39, 0.29) is 49.8 Å². The molecule has 2 aliphatic carbocycles. The molecule has 0 spiro atoms. The third-order valence-electron chi connectivity index (χ3n) is 11.0. The normalized spacial score (nSPS) is 27.2. The van der Waals surface area contributed by atoms with Crippen molar-refractivity contribution in [2.45, 2.75) is 30.7 Å². The minimum Gasteiger partial charge on any atom is -0.491 e. The highest BCUT2D eigenvalue weighted by molar-refractivity contribution is 6.32. The van der Waals surface area contributed by atoms with Crippen molar-refractivity contribution in [2.75, 3.05) is 18.1 Å². The molecule has 4 aromatic carbocycles. The van der Waals surface area contributed by atoms with E-state index in [1.165, 1.54) is 9.80 Å². The van der Waals surface area contributed by atoms with E-state index >= 15 is 4.79 Å². The first-order valence-electron chi connectivity index (χ1n) is 17.0. The molecule has 3 fully saturated rings. The molecule has 1 N–H and O–H groups in total. The highest BCUT2D eigenvalue weighted by Crippen LogP contribution is 2.64. The zero-order valence-corrected chi connectivity index (χ0v) is 27.9. The number of aliphatic hydroxyl groups excluding tert-OH is 1. The fourth-order valence-electron chi connectivity index (χ4n) is 9.03. The van der Waals surface area contributed by atoms with Crippen molar-refractivity contribution in [3.63, 3.8) is 0 Å². The van der Waals surface area contributed by atoms with Gasteiger partial charge in [-0.3, -0.25) is 24.1 Å². The minimum absolute atomic E-state index is 0.131. The van der Waals surface area contributed by atoms with Crippen molar-refractivity contribution in [3.8, 4) is 5.75 Å². The number of likely N-dealkylation sites (tertiary alicyclic amines) is 1. The Morgan fingerprint density at radius 3 is 2.22 bits per heavy atom. The molecule has 8 nitrogen and oxygen atoms in total. The Labute approximate surface area is 294 Å². The van der Waals surface area contributed by atoms with Gasteiger partial charge in [0.25, 0.3) is 0 Å². The summed E-state index contributed by atoms with van der Waals surface area (Å²) in [7, 11) is 0. The van der Waals surface area contributed by atoms with Crippen molar-refractivity contribution >= 4 is 40.9 Å². The summed E-state index contributed by atoms with van der Waals surface area (Å²) < 4.78 is 5.67.